The maximum absolute atomic E-state index is 12.6. The van der Waals surface area contributed by atoms with Gasteiger partial charge < -0.3 is 14.5 Å². The van der Waals surface area contributed by atoms with Gasteiger partial charge in [-0.3, -0.25) is 10.1 Å². The summed E-state index contributed by atoms with van der Waals surface area (Å²) < 4.78 is 12.6. The standard InChI is InChI=1S/C27H25N5O3/c1-34-24-12-11-16(13-17(24)15-32-23-10-6-5-9-21(23)30-31-32)25-26-19(14-22(29-25)27(33)35-2)18-7-3-4-8-20(18)28-26/h3-13,22,25,28-29H,14-15H2,1-2H3/t22-,25+/m1/s1. The third-order valence-corrected chi connectivity index (χ3v) is 6.78. The molecule has 0 amide bonds. The number of ether oxygens (including phenoxy) is 2. The van der Waals surface area contributed by atoms with Gasteiger partial charge in [0.1, 0.15) is 17.3 Å². The van der Waals surface area contributed by atoms with Crippen molar-refractivity contribution >= 4 is 27.9 Å². The third-order valence-electron chi connectivity index (χ3n) is 6.78. The van der Waals surface area contributed by atoms with Crippen molar-refractivity contribution in [1.82, 2.24) is 25.3 Å². The average Bonchev–Trinajstić information content (AvgIpc) is 3.49. The quantitative estimate of drug-likeness (QED) is 0.383. The highest BCUT2D eigenvalue weighted by Crippen LogP contribution is 2.37. The number of H-pyrrole nitrogens is 1. The Labute approximate surface area is 201 Å². The Hall–Kier alpha value is -4.17. The Kier molecular flexibility index (Phi) is 5.22. The van der Waals surface area contributed by atoms with E-state index in [9.17, 15) is 4.79 Å². The first-order valence-corrected chi connectivity index (χ1v) is 11.5. The van der Waals surface area contributed by atoms with Crippen LogP contribution in [0.2, 0.25) is 0 Å². The lowest BCUT2D eigenvalue weighted by Gasteiger charge is -2.30. The fraction of sp³-hybridized carbons (Fsp3) is 0.222. The highest BCUT2D eigenvalue weighted by atomic mass is 16.5. The monoisotopic (exact) mass is 467 g/mol. The molecule has 2 atom stereocenters. The Balaban J connectivity index is 1.44. The van der Waals surface area contributed by atoms with Crippen LogP contribution >= 0.6 is 0 Å². The Morgan fingerprint density at radius 1 is 1.09 bits per heavy atom. The van der Waals surface area contributed by atoms with Crippen molar-refractivity contribution in [2.24, 2.45) is 0 Å². The molecule has 0 saturated heterocycles. The maximum Gasteiger partial charge on any atom is 0.323 e. The van der Waals surface area contributed by atoms with Gasteiger partial charge in [0.05, 0.1) is 32.3 Å². The maximum atomic E-state index is 12.6. The smallest absolute Gasteiger partial charge is 0.323 e. The molecule has 2 N–H and O–H groups in total. The summed E-state index contributed by atoms with van der Waals surface area (Å²) in [6.45, 7) is 0.504. The van der Waals surface area contributed by atoms with Gasteiger partial charge in [0.2, 0.25) is 0 Å². The molecule has 1 aliphatic rings. The number of rotatable bonds is 5. The van der Waals surface area contributed by atoms with E-state index in [4.69, 9.17) is 9.47 Å². The van der Waals surface area contributed by atoms with E-state index in [0.29, 0.717) is 13.0 Å². The van der Waals surface area contributed by atoms with E-state index in [1.54, 1.807) is 7.11 Å². The second-order valence-corrected chi connectivity index (χ2v) is 8.75. The molecular weight excluding hydrogens is 442 g/mol. The molecule has 176 valence electrons. The Bertz CT molecular complexity index is 1550. The van der Waals surface area contributed by atoms with Crippen LogP contribution < -0.4 is 10.1 Å². The van der Waals surface area contributed by atoms with E-state index in [1.165, 1.54) is 7.11 Å². The summed E-state index contributed by atoms with van der Waals surface area (Å²) >= 11 is 0. The fourth-order valence-corrected chi connectivity index (χ4v) is 5.09. The number of hydrogen-bond donors (Lipinski definition) is 2. The summed E-state index contributed by atoms with van der Waals surface area (Å²) in [5.74, 6) is 0.499. The van der Waals surface area contributed by atoms with Crippen molar-refractivity contribution in [2.75, 3.05) is 14.2 Å². The van der Waals surface area contributed by atoms with Gasteiger partial charge in [0.15, 0.2) is 0 Å². The number of para-hydroxylation sites is 2. The van der Waals surface area contributed by atoms with Crippen LogP contribution in [0.25, 0.3) is 21.9 Å². The first-order chi connectivity index (χ1) is 17.2. The van der Waals surface area contributed by atoms with Gasteiger partial charge in [-0.05, 0) is 41.5 Å². The van der Waals surface area contributed by atoms with E-state index in [1.807, 2.05) is 53.2 Å². The molecule has 0 unspecified atom stereocenters. The normalized spacial score (nSPS) is 17.4. The molecule has 0 saturated carbocycles. The zero-order valence-corrected chi connectivity index (χ0v) is 19.5. The second kappa shape index (κ2) is 8.56. The summed E-state index contributed by atoms with van der Waals surface area (Å²) in [5, 5.41) is 13.3. The van der Waals surface area contributed by atoms with Crippen molar-refractivity contribution < 1.29 is 14.3 Å². The summed E-state index contributed by atoms with van der Waals surface area (Å²) in [5.41, 5.74) is 7.05. The van der Waals surface area contributed by atoms with Crippen molar-refractivity contribution in [3.05, 3.63) is 89.1 Å². The van der Waals surface area contributed by atoms with Gasteiger partial charge in [-0.25, -0.2) is 4.68 Å². The van der Waals surface area contributed by atoms with Gasteiger partial charge in [-0.2, -0.15) is 0 Å². The molecule has 0 aliphatic carbocycles. The molecule has 35 heavy (non-hydrogen) atoms. The number of carbonyl (C=O) groups excluding carboxylic acids is 1. The van der Waals surface area contributed by atoms with Crippen molar-refractivity contribution in [3.63, 3.8) is 0 Å². The fourth-order valence-electron chi connectivity index (χ4n) is 5.09. The van der Waals surface area contributed by atoms with E-state index < -0.39 is 6.04 Å². The molecule has 8 heteroatoms. The predicted octanol–water partition coefficient (Wildman–Crippen LogP) is 3.75. The Morgan fingerprint density at radius 2 is 1.91 bits per heavy atom. The zero-order valence-electron chi connectivity index (χ0n) is 19.5. The molecule has 5 aromatic rings. The minimum Gasteiger partial charge on any atom is -0.496 e. The second-order valence-electron chi connectivity index (χ2n) is 8.75. The van der Waals surface area contributed by atoms with E-state index in [0.717, 1.165) is 50.1 Å². The minimum absolute atomic E-state index is 0.215. The molecule has 0 fully saturated rings. The van der Waals surface area contributed by atoms with Crippen LogP contribution in [0, 0.1) is 0 Å². The lowest BCUT2D eigenvalue weighted by molar-refractivity contribution is -0.143. The molecule has 3 aromatic carbocycles. The molecule has 2 aromatic heterocycles. The molecule has 0 radical (unpaired) electrons. The van der Waals surface area contributed by atoms with Crippen LogP contribution in [0.5, 0.6) is 5.75 Å². The average molecular weight is 468 g/mol. The lowest BCUT2D eigenvalue weighted by Crippen LogP contribution is -2.45. The molecule has 6 rings (SSSR count). The minimum atomic E-state index is -0.443. The number of methoxy groups -OCH3 is 2. The number of hydrogen-bond acceptors (Lipinski definition) is 6. The summed E-state index contributed by atoms with van der Waals surface area (Å²) in [6.07, 6.45) is 0.566. The topological polar surface area (TPSA) is 94.1 Å². The van der Waals surface area contributed by atoms with Crippen molar-refractivity contribution in [1.29, 1.82) is 0 Å². The van der Waals surface area contributed by atoms with Gasteiger partial charge in [0, 0.05) is 28.6 Å². The molecule has 8 nitrogen and oxygen atoms in total. The molecular formula is C27H25N5O3. The molecule has 0 bridgehead atoms. The highest BCUT2D eigenvalue weighted by molar-refractivity contribution is 5.87. The van der Waals surface area contributed by atoms with Crippen LogP contribution in [0.4, 0.5) is 0 Å². The molecule has 1 aliphatic heterocycles. The van der Waals surface area contributed by atoms with E-state index in [-0.39, 0.29) is 12.0 Å². The predicted molar refractivity (Wildman–Crippen MR) is 132 cm³/mol. The van der Waals surface area contributed by atoms with E-state index >= 15 is 0 Å². The number of aromatic amines is 1. The number of nitrogens with zero attached hydrogens (tertiary/aromatic N) is 3. The number of esters is 1. The SMILES string of the molecule is COC(=O)[C@H]1Cc2c([nH]c3ccccc23)[C@H](c2ccc(OC)c(Cn3nnc4ccccc43)c2)N1. The number of aromatic nitrogens is 4. The van der Waals surface area contributed by atoms with Gasteiger partial charge in [-0.1, -0.05) is 41.6 Å². The number of fused-ring (bicyclic) bond motifs is 4. The van der Waals surface area contributed by atoms with Gasteiger partial charge >= 0.3 is 5.97 Å². The zero-order chi connectivity index (χ0) is 23.9. The van der Waals surface area contributed by atoms with Crippen molar-refractivity contribution in [3.8, 4) is 5.75 Å². The highest BCUT2D eigenvalue weighted by Gasteiger charge is 2.34. The van der Waals surface area contributed by atoms with Crippen LogP contribution in [-0.4, -0.2) is 46.2 Å². The molecule has 3 heterocycles. The van der Waals surface area contributed by atoms with Crippen LogP contribution in [0.15, 0.2) is 66.7 Å². The molecule has 0 spiro atoms. The van der Waals surface area contributed by atoms with Crippen LogP contribution in [0.3, 0.4) is 0 Å². The first kappa shape index (κ1) is 21.4. The van der Waals surface area contributed by atoms with Crippen LogP contribution in [0.1, 0.15) is 28.4 Å². The van der Waals surface area contributed by atoms with E-state index in [2.05, 4.69) is 38.8 Å². The lowest BCUT2D eigenvalue weighted by atomic mass is 9.89. The van der Waals surface area contributed by atoms with Gasteiger partial charge in [0.25, 0.3) is 0 Å². The van der Waals surface area contributed by atoms with Gasteiger partial charge in [-0.15, -0.1) is 5.10 Å². The summed E-state index contributed by atoms with van der Waals surface area (Å²) in [4.78, 5) is 16.2. The Morgan fingerprint density at radius 3 is 2.77 bits per heavy atom. The number of carbonyl (C=O) groups is 1. The number of nitrogens with one attached hydrogen (secondary N) is 2. The summed E-state index contributed by atoms with van der Waals surface area (Å²) in [7, 11) is 3.09. The first-order valence-electron chi connectivity index (χ1n) is 11.5. The van der Waals surface area contributed by atoms with Crippen molar-refractivity contribution in [2.45, 2.75) is 25.0 Å². The van der Waals surface area contributed by atoms with Crippen LogP contribution in [-0.2, 0) is 22.5 Å². The summed E-state index contributed by atoms with van der Waals surface area (Å²) in [6, 6.07) is 21.5. The largest absolute Gasteiger partial charge is 0.496 e. The number of benzene rings is 3. The third kappa shape index (κ3) is 3.63.